The highest BCUT2D eigenvalue weighted by atomic mass is 19.1. The number of rotatable bonds is 1. The summed E-state index contributed by atoms with van der Waals surface area (Å²) in [6.07, 6.45) is 0. The van der Waals surface area contributed by atoms with Crippen molar-refractivity contribution in [3.8, 4) is 0 Å². The molecular formula is C6H6FN3O2. The fraction of sp³-hybridized carbons (Fsp3) is 0. The molecule has 0 saturated heterocycles. The van der Waals surface area contributed by atoms with Crippen LogP contribution >= 0.6 is 0 Å². The van der Waals surface area contributed by atoms with E-state index < -0.39 is 10.7 Å². The molecule has 0 bridgehead atoms. The van der Waals surface area contributed by atoms with Gasteiger partial charge in [-0.1, -0.05) is 0 Å². The van der Waals surface area contributed by atoms with Crippen LogP contribution in [0.3, 0.4) is 0 Å². The second-order valence-electron chi connectivity index (χ2n) is 2.19. The molecule has 0 radical (unpaired) electrons. The second-order valence-corrected chi connectivity index (χ2v) is 2.19. The van der Waals surface area contributed by atoms with E-state index in [1.807, 2.05) is 0 Å². The molecule has 0 saturated carbocycles. The van der Waals surface area contributed by atoms with Crippen LogP contribution in [0, 0.1) is 15.9 Å². The molecule has 0 spiro atoms. The molecule has 0 aromatic heterocycles. The average molecular weight is 171 g/mol. The molecule has 0 fully saturated rings. The predicted molar refractivity (Wildman–Crippen MR) is 41.9 cm³/mol. The molecule has 0 aliphatic heterocycles. The molecule has 0 aliphatic carbocycles. The Kier molecular flexibility index (Phi) is 1.82. The number of benzene rings is 1. The molecule has 0 heterocycles. The van der Waals surface area contributed by atoms with Crippen LogP contribution in [0.15, 0.2) is 12.1 Å². The summed E-state index contributed by atoms with van der Waals surface area (Å²) in [7, 11) is 0. The lowest BCUT2D eigenvalue weighted by Crippen LogP contribution is -1.99. The Balaban J connectivity index is 3.33. The Labute approximate surface area is 66.9 Å². The highest BCUT2D eigenvalue weighted by Gasteiger charge is 2.14. The van der Waals surface area contributed by atoms with Crippen molar-refractivity contribution in [2.24, 2.45) is 0 Å². The number of nitrogen functional groups attached to an aromatic ring is 2. The van der Waals surface area contributed by atoms with Crippen LogP contribution in [0.4, 0.5) is 21.5 Å². The minimum atomic E-state index is -0.752. The lowest BCUT2D eigenvalue weighted by molar-refractivity contribution is -0.383. The predicted octanol–water partition coefficient (Wildman–Crippen LogP) is 0.898. The zero-order chi connectivity index (χ0) is 9.30. The summed E-state index contributed by atoms with van der Waals surface area (Å²) in [6.45, 7) is 0. The first-order valence-electron chi connectivity index (χ1n) is 3.01. The summed E-state index contributed by atoms with van der Waals surface area (Å²) in [6, 6.07) is 1.72. The summed E-state index contributed by atoms with van der Waals surface area (Å²) >= 11 is 0. The van der Waals surface area contributed by atoms with Gasteiger partial charge < -0.3 is 11.5 Å². The van der Waals surface area contributed by atoms with Crippen molar-refractivity contribution in [1.29, 1.82) is 0 Å². The first-order valence-corrected chi connectivity index (χ1v) is 3.01. The van der Waals surface area contributed by atoms with Crippen molar-refractivity contribution >= 4 is 17.1 Å². The number of halogens is 1. The van der Waals surface area contributed by atoms with Gasteiger partial charge in [-0.2, -0.15) is 0 Å². The highest BCUT2D eigenvalue weighted by molar-refractivity contribution is 5.64. The number of nitro groups is 1. The van der Waals surface area contributed by atoms with Crippen LogP contribution in [0.25, 0.3) is 0 Å². The van der Waals surface area contributed by atoms with E-state index >= 15 is 0 Å². The van der Waals surface area contributed by atoms with Crippen LogP contribution in [0.5, 0.6) is 0 Å². The zero-order valence-corrected chi connectivity index (χ0v) is 5.95. The van der Waals surface area contributed by atoms with Crippen molar-refractivity contribution in [1.82, 2.24) is 0 Å². The summed E-state index contributed by atoms with van der Waals surface area (Å²) in [4.78, 5) is 9.52. The van der Waals surface area contributed by atoms with Gasteiger partial charge in [-0.15, -0.1) is 0 Å². The molecule has 5 nitrogen and oxygen atoms in total. The molecule has 12 heavy (non-hydrogen) atoms. The van der Waals surface area contributed by atoms with E-state index in [-0.39, 0.29) is 17.1 Å². The van der Waals surface area contributed by atoms with Gasteiger partial charge in [0.05, 0.1) is 10.6 Å². The molecule has 64 valence electrons. The van der Waals surface area contributed by atoms with E-state index in [0.717, 1.165) is 12.1 Å². The Morgan fingerprint density at radius 2 is 1.92 bits per heavy atom. The summed E-state index contributed by atoms with van der Waals surface area (Å²) in [5.41, 5.74) is 9.35. The molecule has 6 heteroatoms. The standard InChI is InChI=1S/C6H6FN3O2/c7-3-1-5(9)6(10(11)12)2-4(3)8/h1-2H,8-9H2. The van der Waals surface area contributed by atoms with E-state index in [0.29, 0.717) is 0 Å². The summed E-state index contributed by atoms with van der Waals surface area (Å²) < 4.78 is 12.6. The molecular weight excluding hydrogens is 165 g/mol. The lowest BCUT2D eigenvalue weighted by Gasteiger charge is -1.99. The number of anilines is 2. The molecule has 1 aromatic carbocycles. The second kappa shape index (κ2) is 2.65. The molecule has 0 amide bonds. The molecule has 1 rings (SSSR count). The van der Waals surface area contributed by atoms with Gasteiger partial charge in [0.1, 0.15) is 11.5 Å². The maximum absolute atomic E-state index is 12.6. The minimum absolute atomic E-state index is 0.230. The third-order valence-electron chi connectivity index (χ3n) is 1.34. The fourth-order valence-electron chi connectivity index (χ4n) is 0.751. The maximum atomic E-state index is 12.6. The fourth-order valence-corrected chi connectivity index (χ4v) is 0.751. The minimum Gasteiger partial charge on any atom is -0.396 e. The first kappa shape index (κ1) is 8.25. The van der Waals surface area contributed by atoms with Gasteiger partial charge in [0.25, 0.3) is 5.69 Å². The van der Waals surface area contributed by atoms with Crippen molar-refractivity contribution in [3.05, 3.63) is 28.1 Å². The van der Waals surface area contributed by atoms with Gasteiger partial charge in [0, 0.05) is 12.1 Å². The molecule has 0 aliphatic rings. The van der Waals surface area contributed by atoms with Gasteiger partial charge in [-0.3, -0.25) is 10.1 Å². The number of hydrogen-bond acceptors (Lipinski definition) is 4. The summed E-state index contributed by atoms with van der Waals surface area (Å²) in [5, 5.41) is 10.2. The molecule has 0 atom stereocenters. The van der Waals surface area contributed by atoms with Crippen molar-refractivity contribution in [2.75, 3.05) is 11.5 Å². The Bertz CT molecular complexity index is 340. The largest absolute Gasteiger partial charge is 0.396 e. The molecule has 4 N–H and O–H groups in total. The van der Waals surface area contributed by atoms with Crippen molar-refractivity contribution < 1.29 is 9.31 Å². The Morgan fingerprint density at radius 3 is 2.42 bits per heavy atom. The average Bonchev–Trinajstić information content (AvgIpc) is 1.96. The SMILES string of the molecule is Nc1cc([N+](=O)[O-])c(N)cc1F. The molecule has 0 unspecified atom stereocenters. The van der Waals surface area contributed by atoms with E-state index in [2.05, 4.69) is 0 Å². The smallest absolute Gasteiger partial charge is 0.294 e. The van der Waals surface area contributed by atoms with E-state index in [4.69, 9.17) is 11.5 Å². The number of nitrogens with zero attached hydrogens (tertiary/aromatic N) is 1. The Morgan fingerprint density at radius 1 is 1.33 bits per heavy atom. The van der Waals surface area contributed by atoms with Crippen LogP contribution < -0.4 is 11.5 Å². The summed E-state index contributed by atoms with van der Waals surface area (Å²) in [5.74, 6) is -0.752. The van der Waals surface area contributed by atoms with Gasteiger partial charge in [0.15, 0.2) is 0 Å². The van der Waals surface area contributed by atoms with Crippen LogP contribution in [0.2, 0.25) is 0 Å². The maximum Gasteiger partial charge on any atom is 0.294 e. The highest BCUT2D eigenvalue weighted by Crippen LogP contribution is 2.25. The van der Waals surface area contributed by atoms with Gasteiger partial charge in [-0.05, 0) is 0 Å². The van der Waals surface area contributed by atoms with Gasteiger partial charge in [-0.25, -0.2) is 4.39 Å². The molecule has 1 aromatic rings. The van der Waals surface area contributed by atoms with Crippen molar-refractivity contribution in [2.45, 2.75) is 0 Å². The zero-order valence-electron chi connectivity index (χ0n) is 5.95. The van der Waals surface area contributed by atoms with Crippen LogP contribution in [0.1, 0.15) is 0 Å². The topological polar surface area (TPSA) is 95.2 Å². The number of hydrogen-bond donors (Lipinski definition) is 2. The number of nitrogens with two attached hydrogens (primary N) is 2. The van der Waals surface area contributed by atoms with Crippen LogP contribution in [-0.2, 0) is 0 Å². The van der Waals surface area contributed by atoms with E-state index in [1.54, 1.807) is 0 Å². The first-order chi connectivity index (χ1) is 5.52. The Hall–Kier alpha value is -1.85. The third-order valence-corrected chi connectivity index (χ3v) is 1.34. The van der Waals surface area contributed by atoms with E-state index in [1.165, 1.54) is 0 Å². The van der Waals surface area contributed by atoms with Gasteiger partial charge in [0.2, 0.25) is 0 Å². The third kappa shape index (κ3) is 1.26. The van der Waals surface area contributed by atoms with Crippen molar-refractivity contribution in [3.63, 3.8) is 0 Å². The number of nitro benzene ring substituents is 1. The van der Waals surface area contributed by atoms with Gasteiger partial charge >= 0.3 is 0 Å². The van der Waals surface area contributed by atoms with Crippen LogP contribution in [-0.4, -0.2) is 4.92 Å². The lowest BCUT2D eigenvalue weighted by atomic mass is 10.2. The van der Waals surface area contributed by atoms with E-state index in [9.17, 15) is 14.5 Å². The normalized spacial score (nSPS) is 9.75. The monoisotopic (exact) mass is 171 g/mol. The quantitative estimate of drug-likeness (QED) is 0.372.